The van der Waals surface area contributed by atoms with E-state index < -0.39 is 37.1 Å². The summed E-state index contributed by atoms with van der Waals surface area (Å²) in [4.78, 5) is 0. The summed E-state index contributed by atoms with van der Waals surface area (Å²) < 4.78 is 5.33. The van der Waals surface area contributed by atoms with Crippen molar-refractivity contribution in [1.29, 1.82) is 0 Å². The zero-order valence-electron chi connectivity index (χ0n) is 11.8. The minimum Gasteiger partial charge on any atom is -0.394 e. The average Bonchev–Trinajstić information content (AvgIpc) is 3.00. The van der Waals surface area contributed by atoms with Crippen molar-refractivity contribution in [3.05, 3.63) is 28.9 Å². The van der Waals surface area contributed by atoms with Crippen molar-refractivity contribution < 1.29 is 25.2 Å². The molecule has 5 N–H and O–H groups in total. The Morgan fingerprint density at radius 1 is 1.22 bits per heavy atom. The highest BCUT2D eigenvalue weighted by molar-refractivity contribution is 6.31. The highest BCUT2D eigenvalue weighted by Crippen LogP contribution is 2.23. The molecule has 1 aromatic heterocycles. The van der Waals surface area contributed by atoms with E-state index in [2.05, 4.69) is 22.0 Å². The third-order valence-corrected chi connectivity index (χ3v) is 3.97. The Balaban J connectivity index is 1.92. The van der Waals surface area contributed by atoms with Crippen molar-refractivity contribution in [3.63, 3.8) is 0 Å². The lowest BCUT2D eigenvalue weighted by Crippen LogP contribution is -2.58. The second-order valence-corrected chi connectivity index (χ2v) is 5.74. The summed E-state index contributed by atoms with van der Waals surface area (Å²) in [5, 5.41) is 46.6. The fraction of sp³-hybridized carbons (Fsp3) is 0.400. The Bertz CT molecular complexity index is 766. The van der Waals surface area contributed by atoms with Crippen LogP contribution in [0.2, 0.25) is 5.02 Å². The molecule has 2 heterocycles. The fourth-order valence-corrected chi connectivity index (χ4v) is 2.72. The molecule has 1 saturated heterocycles. The Morgan fingerprint density at radius 3 is 2.74 bits per heavy atom. The second kappa shape index (κ2) is 6.45. The zero-order chi connectivity index (χ0) is 16.6. The van der Waals surface area contributed by atoms with Gasteiger partial charge in [-0.3, -0.25) is 5.10 Å². The van der Waals surface area contributed by atoms with Gasteiger partial charge in [-0.2, -0.15) is 5.10 Å². The topological polar surface area (TPSA) is 119 Å². The van der Waals surface area contributed by atoms with Crippen LogP contribution < -0.4 is 0 Å². The number of hydrogen-bond donors (Lipinski definition) is 5. The van der Waals surface area contributed by atoms with Crippen LogP contribution in [0.25, 0.3) is 10.9 Å². The number of aromatic amines is 1. The van der Waals surface area contributed by atoms with Gasteiger partial charge >= 0.3 is 0 Å². The first kappa shape index (κ1) is 16.2. The van der Waals surface area contributed by atoms with Crippen LogP contribution in [0.3, 0.4) is 0 Å². The van der Waals surface area contributed by atoms with E-state index in [0.29, 0.717) is 16.1 Å². The van der Waals surface area contributed by atoms with E-state index in [1.165, 1.54) is 0 Å². The molecule has 0 radical (unpaired) electrons. The third-order valence-electron chi connectivity index (χ3n) is 3.75. The van der Waals surface area contributed by atoms with Gasteiger partial charge in [0.2, 0.25) is 0 Å². The first-order valence-electron chi connectivity index (χ1n) is 6.96. The number of H-pyrrole nitrogens is 1. The molecule has 3 rings (SSSR count). The third kappa shape index (κ3) is 3.05. The summed E-state index contributed by atoms with van der Waals surface area (Å²) in [6.07, 6.45) is -4.68. The predicted octanol–water partition coefficient (Wildman–Crippen LogP) is -0.590. The summed E-state index contributed by atoms with van der Waals surface area (Å²) in [5.74, 6) is 5.53. The highest BCUT2D eigenvalue weighted by atomic mass is 35.5. The number of aromatic nitrogens is 2. The molecule has 1 aromatic carbocycles. The maximum absolute atomic E-state index is 9.96. The van der Waals surface area contributed by atoms with Gasteiger partial charge in [-0.25, -0.2) is 0 Å². The number of halogens is 1. The van der Waals surface area contributed by atoms with E-state index in [9.17, 15) is 15.3 Å². The maximum Gasteiger partial charge on any atom is 0.147 e. The molecule has 1 fully saturated rings. The Kier molecular flexibility index (Phi) is 4.55. The van der Waals surface area contributed by atoms with Gasteiger partial charge in [-0.15, -0.1) is 0 Å². The molecule has 0 bridgehead atoms. The molecule has 5 atom stereocenters. The van der Waals surface area contributed by atoms with E-state index in [-0.39, 0.29) is 0 Å². The molecule has 0 amide bonds. The fourth-order valence-electron chi connectivity index (χ4n) is 2.49. The SMILES string of the molecule is OCC1OC(C#Cc2cc(Cl)cc3cn[nH]c23)C(O)C(O)[C@@H]1O. The first-order chi connectivity index (χ1) is 11.0. The number of rotatable bonds is 1. The average molecular weight is 339 g/mol. The van der Waals surface area contributed by atoms with Gasteiger partial charge < -0.3 is 25.2 Å². The van der Waals surface area contributed by atoms with Crippen molar-refractivity contribution in [2.45, 2.75) is 30.5 Å². The molecular weight excluding hydrogens is 324 g/mol. The van der Waals surface area contributed by atoms with Gasteiger partial charge in [0.1, 0.15) is 30.5 Å². The van der Waals surface area contributed by atoms with Gasteiger partial charge in [0.25, 0.3) is 0 Å². The Morgan fingerprint density at radius 2 is 2.00 bits per heavy atom. The summed E-state index contributed by atoms with van der Waals surface area (Å²) in [6.45, 7) is -0.495. The number of aliphatic hydroxyl groups excluding tert-OH is 4. The molecule has 8 heteroatoms. The van der Waals surface area contributed by atoms with E-state index in [1.54, 1.807) is 18.3 Å². The van der Waals surface area contributed by atoms with Crippen molar-refractivity contribution in [3.8, 4) is 11.8 Å². The zero-order valence-corrected chi connectivity index (χ0v) is 12.6. The lowest BCUT2D eigenvalue weighted by Gasteiger charge is -2.37. The van der Waals surface area contributed by atoms with Gasteiger partial charge in [0, 0.05) is 10.4 Å². The highest BCUT2D eigenvalue weighted by Gasteiger charge is 2.42. The van der Waals surface area contributed by atoms with Crippen LogP contribution in [0, 0.1) is 11.8 Å². The molecule has 0 aliphatic carbocycles. The smallest absolute Gasteiger partial charge is 0.147 e. The summed E-state index contributed by atoms with van der Waals surface area (Å²) in [7, 11) is 0. The number of ether oxygens (including phenoxy) is 1. The number of fused-ring (bicyclic) bond motifs is 1. The lowest BCUT2D eigenvalue weighted by atomic mass is 9.95. The largest absolute Gasteiger partial charge is 0.394 e. The molecule has 122 valence electrons. The second-order valence-electron chi connectivity index (χ2n) is 5.31. The van der Waals surface area contributed by atoms with Crippen molar-refractivity contribution in [2.24, 2.45) is 0 Å². The van der Waals surface area contributed by atoms with E-state index >= 15 is 0 Å². The molecular formula is C15H15ClN2O5. The quantitative estimate of drug-likeness (QED) is 0.443. The molecule has 7 nitrogen and oxygen atoms in total. The molecule has 1 aliphatic heterocycles. The normalized spacial score (nSPS) is 30.9. The van der Waals surface area contributed by atoms with Crippen molar-refractivity contribution >= 4 is 22.5 Å². The van der Waals surface area contributed by atoms with E-state index in [1.807, 2.05) is 0 Å². The number of benzene rings is 1. The molecule has 1 aliphatic rings. The maximum atomic E-state index is 9.96. The van der Waals surface area contributed by atoms with Crippen LogP contribution in [-0.2, 0) is 4.74 Å². The van der Waals surface area contributed by atoms with E-state index in [0.717, 1.165) is 5.39 Å². The lowest BCUT2D eigenvalue weighted by molar-refractivity contribution is -0.214. The van der Waals surface area contributed by atoms with Gasteiger partial charge in [0.15, 0.2) is 0 Å². The van der Waals surface area contributed by atoms with Crippen LogP contribution in [0.5, 0.6) is 0 Å². The van der Waals surface area contributed by atoms with Crippen molar-refractivity contribution in [1.82, 2.24) is 10.2 Å². The van der Waals surface area contributed by atoms with Crippen LogP contribution in [0.15, 0.2) is 18.3 Å². The molecule has 0 saturated carbocycles. The summed E-state index contributed by atoms with van der Waals surface area (Å²) in [6, 6.07) is 3.37. The van der Waals surface area contributed by atoms with Crippen LogP contribution in [-0.4, -0.2) is 67.8 Å². The van der Waals surface area contributed by atoms with Crippen LogP contribution in [0.1, 0.15) is 5.56 Å². The molecule has 0 spiro atoms. The monoisotopic (exact) mass is 338 g/mol. The predicted molar refractivity (Wildman–Crippen MR) is 81.7 cm³/mol. The standard InChI is InChI=1S/C15H15ClN2O5/c16-9-3-7(12-8(4-9)5-17-18-12)1-2-10-13(20)15(22)14(21)11(6-19)23-10/h3-5,10-11,13-15,19-22H,6H2,(H,17,18)/t10?,11?,13?,14-,15?/m1/s1. The van der Waals surface area contributed by atoms with Crippen molar-refractivity contribution in [2.75, 3.05) is 6.61 Å². The van der Waals surface area contributed by atoms with Crippen LogP contribution in [0.4, 0.5) is 0 Å². The molecule has 23 heavy (non-hydrogen) atoms. The van der Waals surface area contributed by atoms with Gasteiger partial charge in [-0.05, 0) is 12.1 Å². The number of nitrogens with zero attached hydrogens (tertiary/aromatic N) is 1. The first-order valence-corrected chi connectivity index (χ1v) is 7.33. The number of hydrogen-bond acceptors (Lipinski definition) is 6. The molecule has 4 unspecified atom stereocenters. The minimum absolute atomic E-state index is 0.483. The summed E-state index contributed by atoms with van der Waals surface area (Å²) >= 11 is 6.02. The summed E-state index contributed by atoms with van der Waals surface area (Å²) in [5.41, 5.74) is 1.24. The van der Waals surface area contributed by atoms with Crippen LogP contribution >= 0.6 is 11.6 Å². The van der Waals surface area contributed by atoms with Gasteiger partial charge in [-0.1, -0.05) is 23.4 Å². The Labute approximate surface area is 136 Å². The van der Waals surface area contributed by atoms with E-state index in [4.69, 9.17) is 21.4 Å². The minimum atomic E-state index is -1.45. The van der Waals surface area contributed by atoms with Gasteiger partial charge in [0.05, 0.1) is 23.9 Å². The molecule has 2 aromatic rings. The number of nitrogens with one attached hydrogen (secondary N) is 1. The number of aliphatic hydroxyl groups is 4. The Hall–Kier alpha value is -1.66.